The van der Waals surface area contributed by atoms with E-state index < -0.39 is 23.1 Å². The van der Waals surface area contributed by atoms with Crippen LogP contribution in [0.2, 0.25) is 0 Å². The number of nitrogens with one attached hydrogen (secondary N) is 2. The van der Waals surface area contributed by atoms with Crippen molar-refractivity contribution in [2.45, 2.75) is 13.3 Å². The number of amides is 2. The zero-order valence-electron chi connectivity index (χ0n) is 13.2. The monoisotopic (exact) mass is 332 g/mol. The summed E-state index contributed by atoms with van der Waals surface area (Å²) in [6, 6.07) is 10.8. The van der Waals surface area contributed by atoms with Crippen LogP contribution in [0.5, 0.6) is 0 Å². The second-order valence-electron chi connectivity index (χ2n) is 5.31. The van der Waals surface area contributed by atoms with Gasteiger partial charge in [0.1, 0.15) is 17.2 Å². The number of carbonyl (C=O) groups excluding carboxylic acids is 2. The van der Waals surface area contributed by atoms with Crippen molar-refractivity contribution >= 4 is 11.8 Å². The van der Waals surface area contributed by atoms with E-state index in [1.807, 2.05) is 31.2 Å². The fourth-order valence-electron chi connectivity index (χ4n) is 2.22. The number of carbonyl (C=O) groups is 2. The Balaban J connectivity index is 1.78. The van der Waals surface area contributed by atoms with E-state index in [9.17, 15) is 18.4 Å². The van der Waals surface area contributed by atoms with Crippen LogP contribution in [0.1, 0.15) is 21.5 Å². The van der Waals surface area contributed by atoms with E-state index in [1.54, 1.807) is 0 Å². The standard InChI is InChI=1S/C18H18F2N2O2/c1-12-5-2-3-6-13(12)11-16(23)21-9-10-22-18(24)17-14(19)7-4-8-15(17)20/h2-8H,9-11H2,1H3,(H,21,23)(H,22,24). The van der Waals surface area contributed by atoms with Crippen molar-refractivity contribution < 1.29 is 18.4 Å². The van der Waals surface area contributed by atoms with Crippen molar-refractivity contribution in [1.29, 1.82) is 0 Å². The molecule has 0 aliphatic rings. The second-order valence-corrected chi connectivity index (χ2v) is 5.31. The minimum Gasteiger partial charge on any atom is -0.354 e. The van der Waals surface area contributed by atoms with Crippen LogP contribution in [0.25, 0.3) is 0 Å². The minimum absolute atomic E-state index is 0.0755. The van der Waals surface area contributed by atoms with Gasteiger partial charge in [-0.1, -0.05) is 30.3 Å². The van der Waals surface area contributed by atoms with E-state index in [-0.39, 0.29) is 25.4 Å². The molecule has 0 saturated heterocycles. The van der Waals surface area contributed by atoms with E-state index >= 15 is 0 Å². The highest BCUT2D eigenvalue weighted by Gasteiger charge is 2.16. The van der Waals surface area contributed by atoms with Crippen molar-refractivity contribution in [3.05, 3.63) is 70.8 Å². The molecule has 126 valence electrons. The van der Waals surface area contributed by atoms with Crippen LogP contribution in [0.15, 0.2) is 42.5 Å². The third-order valence-electron chi connectivity index (χ3n) is 3.53. The Kier molecular flexibility index (Phi) is 6.01. The predicted octanol–water partition coefficient (Wildman–Crippen LogP) is 2.36. The lowest BCUT2D eigenvalue weighted by atomic mass is 10.1. The normalized spacial score (nSPS) is 10.3. The van der Waals surface area contributed by atoms with Gasteiger partial charge in [0.2, 0.25) is 5.91 Å². The fourth-order valence-corrected chi connectivity index (χ4v) is 2.22. The molecule has 0 spiro atoms. The summed E-state index contributed by atoms with van der Waals surface area (Å²) in [5.74, 6) is -2.87. The molecular formula is C18H18F2N2O2. The van der Waals surface area contributed by atoms with E-state index in [2.05, 4.69) is 10.6 Å². The molecule has 0 aromatic heterocycles. The third-order valence-corrected chi connectivity index (χ3v) is 3.53. The summed E-state index contributed by atoms with van der Waals surface area (Å²) in [6.45, 7) is 2.17. The van der Waals surface area contributed by atoms with Gasteiger partial charge in [0.25, 0.3) is 5.91 Å². The summed E-state index contributed by atoms with van der Waals surface area (Å²) < 4.78 is 26.9. The number of halogens is 2. The maximum atomic E-state index is 13.4. The predicted molar refractivity (Wildman–Crippen MR) is 86.6 cm³/mol. The van der Waals surface area contributed by atoms with E-state index in [0.29, 0.717) is 0 Å². The fraction of sp³-hybridized carbons (Fsp3) is 0.222. The Morgan fingerprint density at radius 2 is 1.54 bits per heavy atom. The van der Waals surface area contributed by atoms with Gasteiger partial charge in [-0.25, -0.2) is 8.78 Å². The van der Waals surface area contributed by atoms with Gasteiger partial charge in [-0.2, -0.15) is 0 Å². The van der Waals surface area contributed by atoms with Crippen LogP contribution in [0.3, 0.4) is 0 Å². The van der Waals surface area contributed by atoms with E-state index in [0.717, 1.165) is 23.3 Å². The molecule has 0 heterocycles. The van der Waals surface area contributed by atoms with Gasteiger partial charge in [0.05, 0.1) is 6.42 Å². The summed E-state index contributed by atoms with van der Waals surface area (Å²) >= 11 is 0. The van der Waals surface area contributed by atoms with Crippen LogP contribution in [0, 0.1) is 18.6 Å². The Morgan fingerprint density at radius 3 is 2.21 bits per heavy atom. The first kappa shape index (κ1) is 17.6. The molecule has 0 fully saturated rings. The third kappa shape index (κ3) is 4.62. The number of benzene rings is 2. The van der Waals surface area contributed by atoms with Crippen LogP contribution in [-0.2, 0) is 11.2 Å². The lowest BCUT2D eigenvalue weighted by molar-refractivity contribution is -0.120. The van der Waals surface area contributed by atoms with Crippen molar-refractivity contribution in [2.75, 3.05) is 13.1 Å². The molecule has 2 N–H and O–H groups in total. The average molecular weight is 332 g/mol. The molecule has 2 aromatic carbocycles. The Hall–Kier alpha value is -2.76. The Bertz CT molecular complexity index is 727. The van der Waals surface area contributed by atoms with Gasteiger partial charge in [-0.05, 0) is 30.2 Å². The Labute approximate surface area is 138 Å². The molecule has 0 radical (unpaired) electrons. The van der Waals surface area contributed by atoms with Gasteiger partial charge in [0.15, 0.2) is 0 Å². The van der Waals surface area contributed by atoms with Crippen LogP contribution >= 0.6 is 0 Å². The van der Waals surface area contributed by atoms with Crippen molar-refractivity contribution in [1.82, 2.24) is 10.6 Å². The zero-order chi connectivity index (χ0) is 17.5. The molecule has 0 bridgehead atoms. The van der Waals surface area contributed by atoms with E-state index in [4.69, 9.17) is 0 Å². The molecule has 2 rings (SSSR count). The molecule has 0 saturated carbocycles. The molecule has 6 heteroatoms. The summed E-state index contributed by atoms with van der Waals surface area (Å²) in [7, 11) is 0. The van der Waals surface area contributed by atoms with Crippen molar-refractivity contribution in [2.24, 2.45) is 0 Å². The van der Waals surface area contributed by atoms with Gasteiger partial charge in [-0.3, -0.25) is 9.59 Å². The second kappa shape index (κ2) is 8.19. The molecule has 24 heavy (non-hydrogen) atoms. The first-order valence-electron chi connectivity index (χ1n) is 7.52. The molecule has 0 unspecified atom stereocenters. The molecule has 0 atom stereocenters. The van der Waals surface area contributed by atoms with Gasteiger partial charge in [-0.15, -0.1) is 0 Å². The number of hydrogen-bond donors (Lipinski definition) is 2. The number of aryl methyl sites for hydroxylation is 1. The maximum Gasteiger partial charge on any atom is 0.257 e. The number of rotatable bonds is 6. The van der Waals surface area contributed by atoms with Crippen molar-refractivity contribution in [3.8, 4) is 0 Å². The number of hydrogen-bond acceptors (Lipinski definition) is 2. The molecule has 2 amide bonds. The largest absolute Gasteiger partial charge is 0.354 e. The molecule has 2 aromatic rings. The lowest BCUT2D eigenvalue weighted by Crippen LogP contribution is -2.36. The summed E-state index contributed by atoms with van der Waals surface area (Å²) in [4.78, 5) is 23.6. The Morgan fingerprint density at radius 1 is 0.917 bits per heavy atom. The highest BCUT2D eigenvalue weighted by molar-refractivity contribution is 5.94. The maximum absolute atomic E-state index is 13.4. The van der Waals surface area contributed by atoms with Gasteiger partial charge >= 0.3 is 0 Å². The van der Waals surface area contributed by atoms with Crippen molar-refractivity contribution in [3.63, 3.8) is 0 Å². The quantitative estimate of drug-likeness (QED) is 0.798. The molecule has 4 nitrogen and oxygen atoms in total. The van der Waals surface area contributed by atoms with Crippen LogP contribution in [-0.4, -0.2) is 24.9 Å². The van der Waals surface area contributed by atoms with Crippen LogP contribution in [0.4, 0.5) is 8.78 Å². The molecule has 0 aliphatic heterocycles. The van der Waals surface area contributed by atoms with Gasteiger partial charge in [0, 0.05) is 13.1 Å². The topological polar surface area (TPSA) is 58.2 Å². The lowest BCUT2D eigenvalue weighted by Gasteiger charge is -2.09. The summed E-state index contributed by atoms with van der Waals surface area (Å²) in [5, 5.41) is 5.03. The highest BCUT2D eigenvalue weighted by Crippen LogP contribution is 2.11. The molecular weight excluding hydrogens is 314 g/mol. The first-order valence-corrected chi connectivity index (χ1v) is 7.52. The SMILES string of the molecule is Cc1ccccc1CC(=O)NCCNC(=O)c1c(F)cccc1F. The average Bonchev–Trinajstić information content (AvgIpc) is 2.53. The minimum atomic E-state index is -0.920. The summed E-state index contributed by atoms with van der Waals surface area (Å²) in [6.07, 6.45) is 0.239. The zero-order valence-corrected chi connectivity index (χ0v) is 13.2. The molecule has 0 aliphatic carbocycles. The van der Waals surface area contributed by atoms with Gasteiger partial charge < -0.3 is 10.6 Å². The summed E-state index contributed by atoms with van der Waals surface area (Å²) in [5.41, 5.74) is 1.33. The first-order chi connectivity index (χ1) is 11.5. The smallest absolute Gasteiger partial charge is 0.257 e. The van der Waals surface area contributed by atoms with E-state index in [1.165, 1.54) is 6.07 Å². The highest BCUT2D eigenvalue weighted by atomic mass is 19.1. The van der Waals surface area contributed by atoms with Crippen LogP contribution < -0.4 is 10.6 Å².